The fourth-order valence-corrected chi connectivity index (χ4v) is 6.69. The van der Waals surface area contributed by atoms with Crippen molar-refractivity contribution in [2.75, 3.05) is 26.4 Å². The van der Waals surface area contributed by atoms with Crippen LogP contribution in [0.25, 0.3) is 0 Å². The van der Waals surface area contributed by atoms with Gasteiger partial charge in [0.1, 0.15) is 12.7 Å². The van der Waals surface area contributed by atoms with Gasteiger partial charge < -0.3 is 24.6 Å². The number of aliphatic hydroxyl groups excluding tert-OH is 2. The van der Waals surface area contributed by atoms with Crippen LogP contribution in [0.4, 0.5) is 0 Å². The number of unbranched alkanes of at least 4 members (excludes halogenated alkanes) is 23. The molecule has 0 aromatic heterocycles. The number of hydrogen-bond acceptors (Lipinski definition) is 9. The summed E-state index contributed by atoms with van der Waals surface area (Å²) >= 11 is 0. The van der Waals surface area contributed by atoms with Crippen LogP contribution in [0.2, 0.25) is 0 Å². The largest absolute Gasteiger partial charge is 0.472 e. The van der Waals surface area contributed by atoms with E-state index >= 15 is 0 Å². The minimum absolute atomic E-state index is 0.173. The van der Waals surface area contributed by atoms with Crippen molar-refractivity contribution in [2.45, 2.75) is 206 Å². The molecule has 0 aliphatic heterocycles. The van der Waals surface area contributed by atoms with Gasteiger partial charge in [-0.05, 0) is 38.5 Å². The van der Waals surface area contributed by atoms with Gasteiger partial charge in [-0.3, -0.25) is 18.6 Å². The second-order valence-electron chi connectivity index (χ2n) is 14.0. The van der Waals surface area contributed by atoms with E-state index in [9.17, 15) is 19.0 Å². The highest BCUT2D eigenvalue weighted by Gasteiger charge is 2.29. The minimum atomic E-state index is -4.68. The van der Waals surface area contributed by atoms with Crippen LogP contribution in [0, 0.1) is 0 Å². The van der Waals surface area contributed by atoms with E-state index in [0.29, 0.717) is 12.8 Å². The highest BCUT2D eigenvalue weighted by Crippen LogP contribution is 2.44. The molecule has 2 atom stereocenters. The average molecular weight is 749 g/mol. The van der Waals surface area contributed by atoms with E-state index in [1.54, 1.807) is 0 Å². The molecule has 0 fully saturated rings. The number of hydrogen-bond donors (Lipinski definition) is 3. The molecule has 3 N–H and O–H groups in total. The van der Waals surface area contributed by atoms with Gasteiger partial charge in [0.25, 0.3) is 0 Å². The molecule has 0 heterocycles. The molecular weight excluding hydrogens is 671 g/mol. The van der Waals surface area contributed by atoms with Crippen LogP contribution >= 0.6 is 7.82 Å². The number of phosphoric acid groups is 1. The van der Waals surface area contributed by atoms with Crippen molar-refractivity contribution in [2.24, 2.45) is 0 Å². The number of phosphoric ester groups is 1. The Morgan fingerprint density at radius 3 is 1.37 bits per heavy atom. The van der Waals surface area contributed by atoms with Gasteiger partial charge in [0.2, 0.25) is 0 Å². The summed E-state index contributed by atoms with van der Waals surface area (Å²) in [7, 11) is -4.68. The summed E-state index contributed by atoms with van der Waals surface area (Å²) in [5.41, 5.74) is 0. The molecule has 0 saturated carbocycles. The van der Waals surface area contributed by atoms with Crippen LogP contribution in [-0.2, 0) is 32.7 Å². The Morgan fingerprint density at radius 2 is 0.941 bits per heavy atom. The second-order valence-corrected chi connectivity index (χ2v) is 15.4. The zero-order valence-corrected chi connectivity index (χ0v) is 33.5. The van der Waals surface area contributed by atoms with Crippen molar-refractivity contribution >= 4 is 19.8 Å². The Balaban J connectivity index is 4.35. The molecule has 0 saturated heterocycles. The number of rotatable bonds is 39. The zero-order valence-electron chi connectivity index (χ0n) is 32.6. The van der Waals surface area contributed by atoms with Crippen LogP contribution in [0.15, 0.2) is 12.2 Å². The molecule has 11 heteroatoms. The number of esters is 2. The maximum absolute atomic E-state index is 12.6. The topological polar surface area (TPSA) is 149 Å². The third-order valence-electron chi connectivity index (χ3n) is 8.97. The van der Waals surface area contributed by atoms with Crippen LogP contribution in [0.1, 0.15) is 194 Å². The predicted molar refractivity (Wildman–Crippen MR) is 205 cm³/mol. The standard InChI is InChI=1S/C40H77O10P/c1-3-5-7-9-11-13-15-17-18-20-22-24-26-28-30-32-40(44)49-38(36-48-51(45,46)50-37(33-41)34-42)35-47-39(43)31-29-27-25-23-21-19-16-14-12-10-8-6-4-2/h17-18,37-38,41-42H,3-16,19-36H2,1-2H3,(H,45,46)/b18-17-/t38-/m1/s1. The fourth-order valence-electron chi connectivity index (χ4n) is 5.77. The maximum atomic E-state index is 12.6. The first-order valence-electron chi connectivity index (χ1n) is 20.6. The second kappa shape index (κ2) is 37.0. The lowest BCUT2D eigenvalue weighted by atomic mass is 10.0. The van der Waals surface area contributed by atoms with Crippen molar-refractivity contribution in [3.8, 4) is 0 Å². The van der Waals surface area contributed by atoms with Gasteiger partial charge in [-0.25, -0.2) is 4.57 Å². The van der Waals surface area contributed by atoms with Crippen molar-refractivity contribution < 1.29 is 47.8 Å². The monoisotopic (exact) mass is 749 g/mol. The van der Waals surface area contributed by atoms with Crippen molar-refractivity contribution in [1.29, 1.82) is 0 Å². The van der Waals surface area contributed by atoms with Crippen LogP contribution < -0.4 is 0 Å². The summed E-state index contributed by atoms with van der Waals surface area (Å²) in [4.78, 5) is 35.0. The van der Waals surface area contributed by atoms with Gasteiger partial charge >= 0.3 is 19.8 Å². The number of carbonyl (C=O) groups excluding carboxylic acids is 2. The van der Waals surface area contributed by atoms with E-state index in [1.165, 1.54) is 96.3 Å². The molecule has 10 nitrogen and oxygen atoms in total. The van der Waals surface area contributed by atoms with E-state index in [2.05, 4.69) is 26.0 Å². The summed E-state index contributed by atoms with van der Waals surface area (Å²) < 4.78 is 32.8. The molecule has 0 radical (unpaired) electrons. The normalized spacial score (nSPS) is 13.5. The van der Waals surface area contributed by atoms with Crippen LogP contribution in [0.5, 0.6) is 0 Å². The third kappa shape index (κ3) is 35.5. The number of ether oxygens (including phenoxy) is 2. The first-order chi connectivity index (χ1) is 24.8. The molecular formula is C40H77O10P. The van der Waals surface area contributed by atoms with Gasteiger partial charge in [-0.15, -0.1) is 0 Å². The minimum Gasteiger partial charge on any atom is -0.462 e. The Morgan fingerprint density at radius 1 is 0.549 bits per heavy atom. The van der Waals surface area contributed by atoms with Crippen LogP contribution in [0.3, 0.4) is 0 Å². The SMILES string of the molecule is CCCCCCCC/C=C\CCCCCCCC(=O)O[C@H](COC(=O)CCCCCCCCCCCCCCC)COP(=O)(O)OC(CO)CO. The molecule has 302 valence electrons. The van der Waals surface area contributed by atoms with Gasteiger partial charge in [0, 0.05) is 12.8 Å². The highest BCUT2D eigenvalue weighted by atomic mass is 31.2. The number of carbonyl (C=O) groups is 2. The predicted octanol–water partition coefficient (Wildman–Crippen LogP) is 10.4. The lowest BCUT2D eigenvalue weighted by Crippen LogP contribution is -2.30. The smallest absolute Gasteiger partial charge is 0.462 e. The van der Waals surface area contributed by atoms with E-state index in [-0.39, 0.29) is 19.4 Å². The Hall–Kier alpha value is -1.29. The summed E-state index contributed by atoms with van der Waals surface area (Å²) in [6, 6.07) is 0. The first kappa shape index (κ1) is 49.7. The molecule has 0 bridgehead atoms. The van der Waals surface area contributed by atoms with E-state index in [0.717, 1.165) is 57.8 Å². The molecule has 51 heavy (non-hydrogen) atoms. The molecule has 0 aliphatic carbocycles. The average Bonchev–Trinajstić information content (AvgIpc) is 3.12. The molecule has 1 unspecified atom stereocenters. The summed E-state index contributed by atoms with van der Waals surface area (Å²) in [6.07, 6.45) is 33.1. The van der Waals surface area contributed by atoms with Gasteiger partial charge in [0.05, 0.1) is 19.8 Å². The summed E-state index contributed by atoms with van der Waals surface area (Å²) in [5.74, 6) is -0.938. The van der Waals surface area contributed by atoms with Gasteiger partial charge in [-0.1, -0.05) is 154 Å². The molecule has 0 aromatic carbocycles. The van der Waals surface area contributed by atoms with Gasteiger partial charge in [0.15, 0.2) is 6.10 Å². The van der Waals surface area contributed by atoms with E-state index in [4.69, 9.17) is 28.7 Å². The lowest BCUT2D eigenvalue weighted by Gasteiger charge is -2.21. The van der Waals surface area contributed by atoms with Gasteiger partial charge in [-0.2, -0.15) is 0 Å². The molecule has 0 rings (SSSR count). The van der Waals surface area contributed by atoms with Crippen molar-refractivity contribution in [3.05, 3.63) is 12.2 Å². The van der Waals surface area contributed by atoms with E-state index < -0.39 is 51.8 Å². The molecule has 0 aromatic rings. The van der Waals surface area contributed by atoms with Crippen molar-refractivity contribution in [3.63, 3.8) is 0 Å². The summed E-state index contributed by atoms with van der Waals surface area (Å²) in [6.45, 7) is 2.23. The quantitative estimate of drug-likeness (QED) is 0.0240. The third-order valence-corrected chi connectivity index (χ3v) is 10.0. The molecule has 0 spiro atoms. The summed E-state index contributed by atoms with van der Waals surface area (Å²) in [5, 5.41) is 18.3. The Kier molecular flexibility index (Phi) is 36.1. The Labute approximate surface area is 311 Å². The zero-order chi connectivity index (χ0) is 37.7. The van der Waals surface area contributed by atoms with E-state index in [1.807, 2.05) is 0 Å². The maximum Gasteiger partial charge on any atom is 0.472 e. The number of aliphatic hydroxyl groups is 2. The fraction of sp³-hybridized carbons (Fsp3) is 0.900. The van der Waals surface area contributed by atoms with Crippen LogP contribution in [-0.4, -0.2) is 65.7 Å². The Bertz CT molecular complexity index is 864. The van der Waals surface area contributed by atoms with Crippen molar-refractivity contribution in [1.82, 2.24) is 0 Å². The molecule has 0 amide bonds. The highest BCUT2D eigenvalue weighted by molar-refractivity contribution is 7.47. The lowest BCUT2D eigenvalue weighted by molar-refractivity contribution is -0.161. The molecule has 0 aliphatic rings. The first-order valence-corrected chi connectivity index (χ1v) is 22.1. The number of allylic oxidation sites excluding steroid dienone is 2.